The van der Waals surface area contributed by atoms with Gasteiger partial charge in [-0.1, -0.05) is 51.1 Å². The Labute approximate surface area is 109 Å². The van der Waals surface area contributed by atoms with Gasteiger partial charge in [0.15, 0.2) is 0 Å². The smallest absolute Gasteiger partial charge is 0.131 e. The Balaban J connectivity index is 2.61. The van der Waals surface area contributed by atoms with Crippen LogP contribution in [0.5, 0.6) is 0 Å². The van der Waals surface area contributed by atoms with Crippen LogP contribution in [-0.4, -0.2) is 9.55 Å². The highest BCUT2D eigenvalue weighted by atomic mass is 15.1. The number of hydrogen-bond acceptors (Lipinski definition) is 2. The predicted octanol–water partition coefficient (Wildman–Crippen LogP) is 3.45. The highest BCUT2D eigenvalue weighted by Gasteiger charge is 2.24. The molecule has 0 aliphatic heterocycles. The van der Waals surface area contributed by atoms with Gasteiger partial charge in [-0.2, -0.15) is 0 Å². The molecule has 0 bridgehead atoms. The van der Waals surface area contributed by atoms with Crippen LogP contribution in [0.25, 0.3) is 11.3 Å². The van der Waals surface area contributed by atoms with E-state index in [9.17, 15) is 0 Å². The molecule has 3 heteroatoms. The lowest BCUT2D eigenvalue weighted by Crippen LogP contribution is -2.19. The maximum atomic E-state index is 6.24. The largest absolute Gasteiger partial charge is 0.383 e. The molecule has 0 aliphatic carbocycles. The fourth-order valence-corrected chi connectivity index (χ4v) is 2.17. The van der Waals surface area contributed by atoms with Crippen LogP contribution in [0.2, 0.25) is 0 Å². The van der Waals surface area contributed by atoms with Crippen LogP contribution in [0.4, 0.5) is 5.82 Å². The summed E-state index contributed by atoms with van der Waals surface area (Å²) >= 11 is 0. The van der Waals surface area contributed by atoms with Gasteiger partial charge in [-0.25, -0.2) is 4.98 Å². The van der Waals surface area contributed by atoms with Crippen molar-refractivity contribution in [3.63, 3.8) is 0 Å². The van der Waals surface area contributed by atoms with Gasteiger partial charge in [0.05, 0.1) is 0 Å². The van der Waals surface area contributed by atoms with Crippen LogP contribution in [0.1, 0.15) is 33.5 Å². The number of imidazole rings is 1. The number of nitrogens with zero attached hydrogens (tertiary/aromatic N) is 2. The molecule has 0 radical (unpaired) electrons. The molecule has 0 amide bonds. The van der Waals surface area contributed by atoms with Crippen molar-refractivity contribution in [1.82, 2.24) is 9.55 Å². The monoisotopic (exact) mass is 243 g/mol. The molecular weight excluding hydrogens is 222 g/mol. The van der Waals surface area contributed by atoms with E-state index in [-0.39, 0.29) is 5.41 Å². The molecule has 0 atom stereocenters. The van der Waals surface area contributed by atoms with Gasteiger partial charge >= 0.3 is 0 Å². The molecule has 0 spiro atoms. The molecule has 18 heavy (non-hydrogen) atoms. The van der Waals surface area contributed by atoms with Gasteiger partial charge in [-0.15, -0.1) is 0 Å². The van der Waals surface area contributed by atoms with E-state index in [1.54, 1.807) is 0 Å². The second kappa shape index (κ2) is 4.48. The third-order valence-corrected chi connectivity index (χ3v) is 3.04. The topological polar surface area (TPSA) is 43.8 Å². The molecule has 0 saturated heterocycles. The normalized spacial score (nSPS) is 11.8. The van der Waals surface area contributed by atoms with Crippen LogP contribution in [0, 0.1) is 0 Å². The molecule has 0 saturated carbocycles. The first kappa shape index (κ1) is 12.7. The third kappa shape index (κ3) is 2.13. The summed E-state index contributed by atoms with van der Waals surface area (Å²) in [6.07, 6.45) is 0. The number of aromatic nitrogens is 2. The number of anilines is 1. The molecule has 2 aromatic rings. The van der Waals surface area contributed by atoms with Gasteiger partial charge in [-0.05, 0) is 6.92 Å². The summed E-state index contributed by atoms with van der Waals surface area (Å²) in [6, 6.07) is 10.1. The maximum absolute atomic E-state index is 6.24. The highest BCUT2D eigenvalue weighted by molar-refractivity contribution is 5.71. The molecule has 1 aromatic carbocycles. The molecule has 0 unspecified atom stereocenters. The molecule has 1 aromatic heterocycles. The summed E-state index contributed by atoms with van der Waals surface area (Å²) in [4.78, 5) is 4.76. The van der Waals surface area contributed by atoms with Gasteiger partial charge in [-0.3, -0.25) is 0 Å². The van der Waals surface area contributed by atoms with E-state index in [0.717, 1.165) is 29.4 Å². The molecule has 0 fully saturated rings. The predicted molar refractivity (Wildman–Crippen MR) is 76.4 cm³/mol. The molecular formula is C15H21N3. The Kier molecular flexibility index (Phi) is 3.16. The lowest BCUT2D eigenvalue weighted by molar-refractivity contribution is 0.509. The summed E-state index contributed by atoms with van der Waals surface area (Å²) in [5.74, 6) is 1.80. The van der Waals surface area contributed by atoms with Crippen molar-refractivity contribution in [3.8, 4) is 11.3 Å². The summed E-state index contributed by atoms with van der Waals surface area (Å²) in [5.41, 5.74) is 8.21. The zero-order chi connectivity index (χ0) is 13.3. The second-order valence-corrected chi connectivity index (χ2v) is 5.53. The quantitative estimate of drug-likeness (QED) is 0.878. The van der Waals surface area contributed by atoms with Crippen molar-refractivity contribution in [2.24, 2.45) is 0 Å². The molecule has 2 N–H and O–H groups in total. The summed E-state index contributed by atoms with van der Waals surface area (Å²) in [6.45, 7) is 9.43. The lowest BCUT2D eigenvalue weighted by atomic mass is 9.95. The lowest BCUT2D eigenvalue weighted by Gasteiger charge is -2.19. The third-order valence-electron chi connectivity index (χ3n) is 3.04. The van der Waals surface area contributed by atoms with Crippen molar-refractivity contribution in [3.05, 3.63) is 36.2 Å². The Hall–Kier alpha value is -1.77. The molecule has 3 nitrogen and oxygen atoms in total. The number of nitrogens with two attached hydrogens (primary N) is 1. The molecule has 96 valence electrons. The average molecular weight is 243 g/mol. The standard InChI is InChI=1S/C15H21N3/c1-5-18-13(16)12(11-9-7-6-8-10-11)17-14(18)15(2,3)4/h6-10H,5,16H2,1-4H3. The minimum atomic E-state index is -0.00282. The van der Waals surface area contributed by atoms with E-state index in [0.29, 0.717) is 0 Å². The molecule has 1 heterocycles. The summed E-state index contributed by atoms with van der Waals surface area (Å²) in [5, 5.41) is 0. The van der Waals surface area contributed by atoms with Crippen LogP contribution >= 0.6 is 0 Å². The molecule has 2 rings (SSSR count). The van der Waals surface area contributed by atoms with Crippen LogP contribution in [0.15, 0.2) is 30.3 Å². The Morgan fingerprint density at radius 1 is 1.17 bits per heavy atom. The fourth-order valence-electron chi connectivity index (χ4n) is 2.17. The van der Waals surface area contributed by atoms with Gasteiger partial charge in [0, 0.05) is 17.5 Å². The van der Waals surface area contributed by atoms with E-state index in [1.807, 2.05) is 30.3 Å². The summed E-state index contributed by atoms with van der Waals surface area (Å²) in [7, 11) is 0. The van der Waals surface area contributed by atoms with Crippen LogP contribution in [0.3, 0.4) is 0 Å². The van der Waals surface area contributed by atoms with Crippen LogP contribution < -0.4 is 5.73 Å². The maximum Gasteiger partial charge on any atom is 0.131 e. The van der Waals surface area contributed by atoms with Crippen molar-refractivity contribution < 1.29 is 0 Å². The number of nitrogen functional groups attached to an aromatic ring is 1. The summed E-state index contributed by atoms with van der Waals surface area (Å²) < 4.78 is 2.10. The van der Waals surface area contributed by atoms with E-state index in [1.165, 1.54) is 0 Å². The first-order chi connectivity index (χ1) is 8.45. The second-order valence-electron chi connectivity index (χ2n) is 5.53. The van der Waals surface area contributed by atoms with Gasteiger partial charge in [0.25, 0.3) is 0 Å². The zero-order valence-electron chi connectivity index (χ0n) is 11.6. The van der Waals surface area contributed by atoms with Gasteiger partial charge in [0.1, 0.15) is 17.3 Å². The fraction of sp³-hybridized carbons (Fsp3) is 0.400. The highest BCUT2D eigenvalue weighted by Crippen LogP contribution is 2.31. The number of benzene rings is 1. The average Bonchev–Trinajstić information content (AvgIpc) is 2.67. The van der Waals surface area contributed by atoms with E-state index >= 15 is 0 Å². The van der Waals surface area contributed by atoms with Crippen molar-refractivity contribution in [2.75, 3.05) is 5.73 Å². The number of hydrogen-bond donors (Lipinski definition) is 1. The first-order valence-corrected chi connectivity index (χ1v) is 6.37. The Morgan fingerprint density at radius 3 is 2.22 bits per heavy atom. The minimum Gasteiger partial charge on any atom is -0.383 e. The zero-order valence-corrected chi connectivity index (χ0v) is 11.6. The van der Waals surface area contributed by atoms with Crippen molar-refractivity contribution in [1.29, 1.82) is 0 Å². The van der Waals surface area contributed by atoms with Crippen molar-refractivity contribution in [2.45, 2.75) is 39.7 Å². The minimum absolute atomic E-state index is 0.00282. The van der Waals surface area contributed by atoms with Gasteiger partial charge < -0.3 is 10.3 Å². The Bertz CT molecular complexity index is 533. The van der Waals surface area contributed by atoms with E-state index < -0.39 is 0 Å². The first-order valence-electron chi connectivity index (χ1n) is 6.37. The number of rotatable bonds is 2. The molecule has 0 aliphatic rings. The van der Waals surface area contributed by atoms with Crippen LogP contribution in [-0.2, 0) is 12.0 Å². The van der Waals surface area contributed by atoms with E-state index in [4.69, 9.17) is 10.7 Å². The van der Waals surface area contributed by atoms with E-state index in [2.05, 4.69) is 32.3 Å². The van der Waals surface area contributed by atoms with Crippen molar-refractivity contribution >= 4 is 5.82 Å². The van der Waals surface area contributed by atoms with Gasteiger partial charge in [0.2, 0.25) is 0 Å². The SMILES string of the molecule is CCn1c(C(C)(C)C)nc(-c2ccccc2)c1N. The Morgan fingerprint density at radius 2 is 1.78 bits per heavy atom.